The molecule has 1 aliphatic heterocycles. The van der Waals surface area contributed by atoms with Crippen LogP contribution in [0.5, 0.6) is 0 Å². The predicted octanol–water partition coefficient (Wildman–Crippen LogP) is 4.22. The largest absolute Gasteiger partial charge is 0.469 e. The maximum atomic E-state index is 5.40. The SMILES string of the molecule is C=C(C)CN=C(NCCc1ccco1)NC1CCN(Cc2ccccc2)CC1.I. The van der Waals surface area contributed by atoms with Crippen LogP contribution in [0.4, 0.5) is 0 Å². The van der Waals surface area contributed by atoms with Crippen LogP contribution < -0.4 is 10.6 Å². The van der Waals surface area contributed by atoms with Gasteiger partial charge in [-0.3, -0.25) is 4.90 Å². The summed E-state index contributed by atoms with van der Waals surface area (Å²) in [4.78, 5) is 7.20. The smallest absolute Gasteiger partial charge is 0.191 e. The Morgan fingerprint density at radius 1 is 1.17 bits per heavy atom. The molecule has 0 bridgehead atoms. The van der Waals surface area contributed by atoms with Crippen molar-refractivity contribution in [3.8, 4) is 0 Å². The second kappa shape index (κ2) is 12.7. The molecular weight excluding hydrogens is 475 g/mol. The first-order valence-corrected chi connectivity index (χ1v) is 10.2. The molecule has 0 spiro atoms. The molecule has 6 heteroatoms. The zero-order chi connectivity index (χ0) is 19.6. The highest BCUT2D eigenvalue weighted by atomic mass is 127. The molecule has 5 nitrogen and oxygen atoms in total. The van der Waals surface area contributed by atoms with Crippen LogP contribution in [-0.2, 0) is 13.0 Å². The van der Waals surface area contributed by atoms with Gasteiger partial charge >= 0.3 is 0 Å². The molecule has 2 aromatic rings. The molecule has 0 amide bonds. The summed E-state index contributed by atoms with van der Waals surface area (Å²) in [5.74, 6) is 1.86. The average Bonchev–Trinajstić information content (AvgIpc) is 3.22. The van der Waals surface area contributed by atoms with Crippen molar-refractivity contribution < 1.29 is 4.42 Å². The molecule has 0 atom stereocenters. The quantitative estimate of drug-likeness (QED) is 0.243. The number of furan rings is 1. The Hall–Kier alpha value is -1.80. The fourth-order valence-electron chi connectivity index (χ4n) is 3.40. The maximum Gasteiger partial charge on any atom is 0.191 e. The van der Waals surface area contributed by atoms with Gasteiger partial charge in [0.1, 0.15) is 5.76 Å². The first-order chi connectivity index (χ1) is 13.7. The van der Waals surface area contributed by atoms with Crippen LogP contribution in [0.15, 0.2) is 70.3 Å². The third kappa shape index (κ3) is 8.62. The second-order valence-electron chi connectivity index (χ2n) is 7.56. The lowest BCUT2D eigenvalue weighted by molar-refractivity contribution is 0.198. The van der Waals surface area contributed by atoms with Gasteiger partial charge in [0.25, 0.3) is 0 Å². The van der Waals surface area contributed by atoms with Gasteiger partial charge in [-0.25, -0.2) is 4.99 Å². The van der Waals surface area contributed by atoms with E-state index in [0.29, 0.717) is 12.6 Å². The summed E-state index contributed by atoms with van der Waals surface area (Å²) < 4.78 is 5.40. The minimum absolute atomic E-state index is 0. The van der Waals surface area contributed by atoms with E-state index in [2.05, 4.69) is 57.4 Å². The van der Waals surface area contributed by atoms with E-state index in [9.17, 15) is 0 Å². The number of piperidine rings is 1. The second-order valence-corrected chi connectivity index (χ2v) is 7.56. The summed E-state index contributed by atoms with van der Waals surface area (Å²) in [7, 11) is 0. The van der Waals surface area contributed by atoms with E-state index in [1.165, 1.54) is 5.56 Å². The number of guanidine groups is 1. The normalized spacial score (nSPS) is 15.6. The summed E-state index contributed by atoms with van der Waals surface area (Å²) in [5, 5.41) is 7.05. The first-order valence-electron chi connectivity index (χ1n) is 10.2. The predicted molar refractivity (Wildman–Crippen MR) is 131 cm³/mol. The molecule has 1 aromatic heterocycles. The topological polar surface area (TPSA) is 52.8 Å². The Morgan fingerprint density at radius 2 is 1.93 bits per heavy atom. The van der Waals surface area contributed by atoms with Crippen LogP contribution in [0.1, 0.15) is 31.1 Å². The Kier molecular flexibility index (Phi) is 10.3. The number of nitrogens with zero attached hydrogens (tertiary/aromatic N) is 2. The highest BCUT2D eigenvalue weighted by molar-refractivity contribution is 14.0. The van der Waals surface area contributed by atoms with Crippen molar-refractivity contribution in [2.75, 3.05) is 26.2 Å². The molecule has 29 heavy (non-hydrogen) atoms. The van der Waals surface area contributed by atoms with E-state index in [-0.39, 0.29) is 24.0 Å². The molecule has 1 fully saturated rings. The number of halogens is 1. The third-order valence-electron chi connectivity index (χ3n) is 4.93. The number of hydrogen-bond donors (Lipinski definition) is 2. The maximum absolute atomic E-state index is 5.40. The van der Waals surface area contributed by atoms with Gasteiger partial charge in [0, 0.05) is 38.6 Å². The molecule has 1 aliphatic rings. The number of benzene rings is 1. The van der Waals surface area contributed by atoms with Crippen LogP contribution in [0.3, 0.4) is 0 Å². The van der Waals surface area contributed by atoms with E-state index in [1.54, 1.807) is 6.26 Å². The first kappa shape index (κ1) is 23.5. The summed E-state index contributed by atoms with van der Waals surface area (Å²) in [5.41, 5.74) is 2.45. The Balaban J connectivity index is 0.00000300. The van der Waals surface area contributed by atoms with Crippen molar-refractivity contribution in [3.05, 3.63) is 72.2 Å². The minimum Gasteiger partial charge on any atom is -0.469 e. The zero-order valence-electron chi connectivity index (χ0n) is 17.3. The number of aliphatic imine (C=N–C) groups is 1. The molecule has 0 radical (unpaired) electrons. The summed E-state index contributed by atoms with van der Waals surface area (Å²) >= 11 is 0. The van der Waals surface area contributed by atoms with Crippen molar-refractivity contribution in [1.82, 2.24) is 15.5 Å². The molecule has 1 aromatic carbocycles. The minimum atomic E-state index is 0. The monoisotopic (exact) mass is 508 g/mol. The van der Waals surface area contributed by atoms with Gasteiger partial charge in [0.2, 0.25) is 0 Å². The Bertz CT molecular complexity index is 738. The molecular formula is C23H33IN4O. The van der Waals surface area contributed by atoms with Gasteiger partial charge in [-0.1, -0.05) is 42.5 Å². The van der Waals surface area contributed by atoms with Gasteiger partial charge < -0.3 is 15.1 Å². The van der Waals surface area contributed by atoms with E-state index >= 15 is 0 Å². The van der Waals surface area contributed by atoms with Crippen LogP contribution in [-0.4, -0.2) is 43.1 Å². The van der Waals surface area contributed by atoms with E-state index in [0.717, 1.165) is 62.7 Å². The van der Waals surface area contributed by atoms with E-state index < -0.39 is 0 Å². The van der Waals surface area contributed by atoms with E-state index in [1.807, 2.05) is 19.1 Å². The molecule has 2 heterocycles. The number of likely N-dealkylation sites (tertiary alicyclic amines) is 1. The lowest BCUT2D eigenvalue weighted by atomic mass is 10.0. The van der Waals surface area contributed by atoms with E-state index in [4.69, 9.17) is 4.42 Å². The molecule has 0 aliphatic carbocycles. The molecule has 158 valence electrons. The van der Waals surface area contributed by atoms with Gasteiger partial charge in [-0.2, -0.15) is 0 Å². The van der Waals surface area contributed by atoms with Crippen molar-refractivity contribution in [2.24, 2.45) is 4.99 Å². The number of nitrogens with one attached hydrogen (secondary N) is 2. The van der Waals surface area contributed by atoms with Crippen molar-refractivity contribution in [2.45, 2.75) is 38.8 Å². The van der Waals surface area contributed by atoms with Gasteiger partial charge in [0.15, 0.2) is 5.96 Å². The summed E-state index contributed by atoms with van der Waals surface area (Å²) in [6, 6.07) is 15.1. The van der Waals surface area contributed by atoms with Crippen molar-refractivity contribution in [3.63, 3.8) is 0 Å². The molecule has 2 N–H and O–H groups in total. The average molecular weight is 508 g/mol. The number of hydrogen-bond acceptors (Lipinski definition) is 3. The Morgan fingerprint density at radius 3 is 2.59 bits per heavy atom. The van der Waals surface area contributed by atoms with Crippen LogP contribution in [0.25, 0.3) is 0 Å². The molecule has 3 rings (SSSR count). The molecule has 1 saturated heterocycles. The summed E-state index contributed by atoms with van der Waals surface area (Å²) in [6.07, 6.45) is 4.81. The van der Waals surface area contributed by atoms with Gasteiger partial charge in [-0.05, 0) is 37.5 Å². The van der Waals surface area contributed by atoms with Crippen molar-refractivity contribution >= 4 is 29.9 Å². The van der Waals surface area contributed by atoms with Gasteiger partial charge in [-0.15, -0.1) is 24.0 Å². The van der Waals surface area contributed by atoms with Crippen LogP contribution in [0, 0.1) is 0 Å². The lowest BCUT2D eigenvalue weighted by Gasteiger charge is -2.33. The molecule has 0 unspecified atom stereocenters. The fourth-order valence-corrected chi connectivity index (χ4v) is 3.40. The molecule has 0 saturated carbocycles. The Labute approximate surface area is 191 Å². The van der Waals surface area contributed by atoms with Crippen LogP contribution >= 0.6 is 24.0 Å². The zero-order valence-corrected chi connectivity index (χ0v) is 19.6. The van der Waals surface area contributed by atoms with Gasteiger partial charge in [0.05, 0.1) is 12.8 Å². The lowest BCUT2D eigenvalue weighted by Crippen LogP contribution is -2.49. The van der Waals surface area contributed by atoms with Crippen LogP contribution in [0.2, 0.25) is 0 Å². The highest BCUT2D eigenvalue weighted by Crippen LogP contribution is 2.14. The fraction of sp³-hybridized carbons (Fsp3) is 0.435. The van der Waals surface area contributed by atoms with Crippen molar-refractivity contribution in [1.29, 1.82) is 0 Å². The third-order valence-corrected chi connectivity index (χ3v) is 4.93. The number of rotatable bonds is 8. The highest BCUT2D eigenvalue weighted by Gasteiger charge is 2.20. The summed E-state index contributed by atoms with van der Waals surface area (Å²) in [6.45, 7) is 10.6. The standard InChI is InChI=1S/C23H32N4O.HI/c1-19(2)17-25-23(24-13-10-22-9-6-16-28-22)26-21-11-14-27(15-12-21)18-20-7-4-3-5-8-20;/h3-9,16,21H,1,10-15,17-18H2,2H3,(H2,24,25,26);1H.